The first-order chi connectivity index (χ1) is 14.6. The average Bonchev–Trinajstić information content (AvgIpc) is 2.77. The molecule has 4 aliphatic carbocycles. The summed E-state index contributed by atoms with van der Waals surface area (Å²) >= 11 is 0. The van der Waals surface area contributed by atoms with E-state index in [1.54, 1.807) is 19.3 Å². The molecular formula is C24H27N3O3. The van der Waals surface area contributed by atoms with Gasteiger partial charge in [0.25, 0.3) is 0 Å². The number of aliphatic hydroxyl groups excluding tert-OH is 2. The van der Waals surface area contributed by atoms with Crippen molar-refractivity contribution in [3.8, 4) is 0 Å². The van der Waals surface area contributed by atoms with Crippen LogP contribution in [-0.2, 0) is 4.74 Å². The Morgan fingerprint density at radius 2 is 1.97 bits per heavy atom. The van der Waals surface area contributed by atoms with Gasteiger partial charge in [-0.15, -0.1) is 0 Å². The summed E-state index contributed by atoms with van der Waals surface area (Å²) < 4.78 is 5.51. The maximum absolute atomic E-state index is 10.5. The highest BCUT2D eigenvalue weighted by atomic mass is 16.5. The second-order valence-electron chi connectivity index (χ2n) is 8.27. The van der Waals surface area contributed by atoms with E-state index in [-0.39, 0.29) is 11.7 Å². The minimum Gasteiger partial charge on any atom is -0.508 e. The van der Waals surface area contributed by atoms with Gasteiger partial charge in [-0.25, -0.2) is 9.98 Å². The van der Waals surface area contributed by atoms with Gasteiger partial charge in [0.2, 0.25) is 6.35 Å². The Kier molecular flexibility index (Phi) is 5.05. The Balaban J connectivity index is 1.55. The van der Waals surface area contributed by atoms with Crippen LogP contribution in [0, 0.1) is 11.8 Å². The second-order valence-corrected chi connectivity index (χ2v) is 8.27. The number of rotatable bonds is 3. The molecular weight excluding hydrogens is 378 g/mol. The summed E-state index contributed by atoms with van der Waals surface area (Å²) in [6.07, 6.45) is 17.6. The van der Waals surface area contributed by atoms with Gasteiger partial charge in [0.05, 0.1) is 12.0 Å². The molecule has 0 spiro atoms. The lowest BCUT2D eigenvalue weighted by Crippen LogP contribution is -2.46. The van der Waals surface area contributed by atoms with Crippen LogP contribution in [-0.4, -0.2) is 41.4 Å². The van der Waals surface area contributed by atoms with Gasteiger partial charge in [-0.05, 0) is 55.4 Å². The summed E-state index contributed by atoms with van der Waals surface area (Å²) in [6, 6.07) is 0. The normalized spacial score (nSPS) is 32.8. The zero-order chi connectivity index (χ0) is 20.7. The standard InChI is InChI=1S/C24H27N3O3/c1-30-24-26-22(19-11-10-16(28)13-20(19)29)25-23(27-24)21-17-8-4-2-6-14(17)12-15-7-3-5-9-18(15)21/h2-3,6-7,10-11,13-14,19-20,24,28-29H,4-5,8-9,12H2,1H3,(H,25,26,27). The van der Waals surface area contributed by atoms with Gasteiger partial charge >= 0.3 is 0 Å². The van der Waals surface area contributed by atoms with Gasteiger partial charge < -0.3 is 20.3 Å². The first kappa shape index (κ1) is 19.3. The lowest BCUT2D eigenvalue weighted by atomic mass is 9.72. The zero-order valence-corrected chi connectivity index (χ0v) is 17.1. The fraction of sp³-hybridized carbons (Fsp3) is 0.417. The molecule has 0 aromatic heterocycles. The fourth-order valence-corrected chi connectivity index (χ4v) is 4.97. The molecule has 1 heterocycles. The first-order valence-corrected chi connectivity index (χ1v) is 10.7. The monoisotopic (exact) mass is 405 g/mol. The van der Waals surface area contributed by atoms with Crippen molar-refractivity contribution in [2.75, 3.05) is 7.11 Å². The topological polar surface area (TPSA) is 86.4 Å². The Labute approximate surface area is 176 Å². The Morgan fingerprint density at radius 1 is 1.10 bits per heavy atom. The maximum Gasteiger partial charge on any atom is 0.248 e. The molecule has 0 aromatic rings. The van der Waals surface area contributed by atoms with Crippen molar-refractivity contribution in [2.45, 2.75) is 44.6 Å². The van der Waals surface area contributed by atoms with Crippen LogP contribution in [0.2, 0.25) is 0 Å². The largest absolute Gasteiger partial charge is 0.508 e. The van der Waals surface area contributed by atoms with Crippen molar-refractivity contribution in [3.05, 3.63) is 70.6 Å². The van der Waals surface area contributed by atoms with Gasteiger partial charge in [-0.2, -0.15) is 0 Å². The molecule has 156 valence electrons. The van der Waals surface area contributed by atoms with Crippen molar-refractivity contribution in [1.29, 1.82) is 0 Å². The summed E-state index contributed by atoms with van der Waals surface area (Å²) in [7, 11) is 1.59. The Hall–Kier alpha value is -2.70. The molecule has 6 nitrogen and oxygen atoms in total. The lowest BCUT2D eigenvalue weighted by molar-refractivity contribution is 0.115. The highest BCUT2D eigenvalue weighted by molar-refractivity contribution is 6.14. The summed E-state index contributed by atoms with van der Waals surface area (Å²) in [5.41, 5.74) is 5.41. The van der Waals surface area contributed by atoms with E-state index in [2.05, 4.69) is 34.6 Å². The molecule has 0 aromatic carbocycles. The third-order valence-electron chi connectivity index (χ3n) is 6.41. The minimum absolute atomic E-state index is 0.0603. The molecule has 5 rings (SSSR count). The number of nitrogens with one attached hydrogen (secondary N) is 1. The van der Waals surface area contributed by atoms with E-state index in [1.807, 2.05) is 0 Å². The molecule has 3 N–H and O–H groups in total. The van der Waals surface area contributed by atoms with Gasteiger partial charge in [-0.3, -0.25) is 0 Å². The number of aliphatic hydroxyl groups is 2. The van der Waals surface area contributed by atoms with Crippen LogP contribution in [0.3, 0.4) is 0 Å². The van der Waals surface area contributed by atoms with E-state index in [9.17, 15) is 10.2 Å². The van der Waals surface area contributed by atoms with E-state index in [4.69, 9.17) is 9.73 Å². The van der Waals surface area contributed by atoms with Crippen LogP contribution < -0.4 is 5.32 Å². The zero-order valence-electron chi connectivity index (χ0n) is 17.1. The number of nitrogens with zero attached hydrogens (tertiary/aromatic N) is 2. The number of hydrogen-bond acceptors (Lipinski definition) is 6. The van der Waals surface area contributed by atoms with Gasteiger partial charge in [0.1, 0.15) is 17.4 Å². The first-order valence-electron chi connectivity index (χ1n) is 10.7. The molecule has 0 fully saturated rings. The second kappa shape index (κ2) is 7.85. The number of amidine groups is 2. The van der Waals surface area contributed by atoms with Crippen LogP contribution >= 0.6 is 0 Å². The fourth-order valence-electron chi connectivity index (χ4n) is 4.97. The van der Waals surface area contributed by atoms with Crippen molar-refractivity contribution < 1.29 is 14.9 Å². The van der Waals surface area contributed by atoms with E-state index in [0.717, 1.165) is 37.9 Å². The van der Waals surface area contributed by atoms with Crippen molar-refractivity contribution >= 4 is 11.7 Å². The number of hydrogen-bond donors (Lipinski definition) is 3. The molecule has 1 aliphatic heterocycles. The molecule has 4 unspecified atom stereocenters. The number of aliphatic imine (C=N–C) groups is 2. The summed E-state index contributed by atoms with van der Waals surface area (Å²) in [5, 5.41) is 23.6. The van der Waals surface area contributed by atoms with E-state index in [0.29, 0.717) is 11.8 Å². The summed E-state index contributed by atoms with van der Waals surface area (Å²) in [4.78, 5) is 9.34. The van der Waals surface area contributed by atoms with E-state index in [1.165, 1.54) is 28.4 Å². The Bertz CT molecular complexity index is 993. The summed E-state index contributed by atoms with van der Waals surface area (Å²) in [5.74, 6) is 1.46. The summed E-state index contributed by atoms with van der Waals surface area (Å²) in [6.45, 7) is 0. The quantitative estimate of drug-likeness (QED) is 0.626. The highest BCUT2D eigenvalue weighted by Crippen LogP contribution is 2.44. The van der Waals surface area contributed by atoms with Crippen LogP contribution in [0.25, 0.3) is 0 Å². The molecule has 0 saturated carbocycles. The number of allylic oxidation sites excluding steroid dienone is 7. The van der Waals surface area contributed by atoms with E-state index < -0.39 is 12.5 Å². The van der Waals surface area contributed by atoms with Crippen LogP contribution in [0.15, 0.2) is 80.6 Å². The van der Waals surface area contributed by atoms with Crippen LogP contribution in [0.5, 0.6) is 0 Å². The van der Waals surface area contributed by atoms with Crippen LogP contribution in [0.4, 0.5) is 0 Å². The van der Waals surface area contributed by atoms with Crippen molar-refractivity contribution in [2.24, 2.45) is 21.8 Å². The molecule has 0 saturated heterocycles. The predicted molar refractivity (Wildman–Crippen MR) is 117 cm³/mol. The molecule has 6 heteroatoms. The van der Waals surface area contributed by atoms with Crippen molar-refractivity contribution in [1.82, 2.24) is 5.32 Å². The molecule has 0 bridgehead atoms. The van der Waals surface area contributed by atoms with E-state index >= 15 is 0 Å². The minimum atomic E-state index is -0.861. The maximum atomic E-state index is 10.5. The molecule has 30 heavy (non-hydrogen) atoms. The Morgan fingerprint density at radius 3 is 2.80 bits per heavy atom. The third kappa shape index (κ3) is 3.40. The molecule has 4 atom stereocenters. The van der Waals surface area contributed by atoms with Crippen LogP contribution in [0.1, 0.15) is 32.1 Å². The smallest absolute Gasteiger partial charge is 0.248 e. The van der Waals surface area contributed by atoms with Gasteiger partial charge in [0, 0.05) is 18.6 Å². The van der Waals surface area contributed by atoms with Crippen molar-refractivity contribution in [3.63, 3.8) is 0 Å². The average molecular weight is 405 g/mol. The predicted octanol–water partition coefficient (Wildman–Crippen LogP) is 3.62. The van der Waals surface area contributed by atoms with Gasteiger partial charge in [0.15, 0.2) is 0 Å². The molecule has 5 aliphatic rings. The lowest BCUT2D eigenvalue weighted by Gasteiger charge is -2.36. The highest BCUT2D eigenvalue weighted by Gasteiger charge is 2.35. The van der Waals surface area contributed by atoms with Gasteiger partial charge in [-0.1, -0.05) is 36.0 Å². The number of methoxy groups -OCH3 is 1. The molecule has 0 radical (unpaired) electrons. The molecule has 0 amide bonds. The number of fused-ring (bicyclic) bond motifs is 1. The number of ether oxygens (including phenoxy) is 1. The third-order valence-corrected chi connectivity index (χ3v) is 6.41. The SMILES string of the molecule is COC1N=C(C2=C3CCC=CC3CC3=C2CCC=C3)NC(C2C=CC(O)=CC2O)=N1.